The molecule has 0 aliphatic carbocycles. The number of pyridine rings is 1. The summed E-state index contributed by atoms with van der Waals surface area (Å²) in [5.41, 5.74) is 4.88. The maximum atomic E-state index is 4.53. The van der Waals surface area contributed by atoms with Gasteiger partial charge in [-0.15, -0.1) is 11.8 Å². The van der Waals surface area contributed by atoms with E-state index in [1.165, 1.54) is 16.8 Å². The number of hydrogen-bond acceptors (Lipinski definition) is 3. The molecule has 0 bridgehead atoms. The van der Waals surface area contributed by atoms with E-state index in [4.69, 9.17) is 0 Å². The maximum absolute atomic E-state index is 4.53. The molecule has 0 amide bonds. The van der Waals surface area contributed by atoms with Gasteiger partial charge >= 0.3 is 0 Å². The van der Waals surface area contributed by atoms with Crippen LogP contribution < -0.4 is 5.32 Å². The van der Waals surface area contributed by atoms with Crippen LogP contribution in [0.15, 0.2) is 41.4 Å². The van der Waals surface area contributed by atoms with E-state index in [-0.39, 0.29) is 0 Å². The number of aromatic nitrogens is 1. The predicted molar refractivity (Wildman–Crippen MR) is 84.1 cm³/mol. The monoisotopic (exact) mass is 272 g/mol. The highest BCUT2D eigenvalue weighted by Crippen LogP contribution is 2.18. The lowest BCUT2D eigenvalue weighted by Gasteiger charge is -2.09. The molecule has 0 spiro atoms. The predicted octanol–water partition coefficient (Wildman–Crippen LogP) is 4.21. The molecule has 0 aliphatic rings. The second-order valence-electron chi connectivity index (χ2n) is 4.71. The summed E-state index contributed by atoms with van der Waals surface area (Å²) in [6, 6.07) is 12.6. The lowest BCUT2D eigenvalue weighted by atomic mass is 10.2. The fourth-order valence-corrected chi connectivity index (χ4v) is 2.88. The molecule has 100 valence electrons. The quantitative estimate of drug-likeness (QED) is 0.652. The molecule has 3 heteroatoms. The molecule has 2 nitrogen and oxygen atoms in total. The van der Waals surface area contributed by atoms with Gasteiger partial charge < -0.3 is 5.32 Å². The fraction of sp³-hybridized carbons (Fsp3) is 0.312. The Morgan fingerprint density at radius 2 is 1.89 bits per heavy atom. The molecule has 1 N–H and O–H groups in total. The van der Waals surface area contributed by atoms with Crippen LogP contribution in [0.5, 0.6) is 0 Å². The molecule has 0 atom stereocenters. The van der Waals surface area contributed by atoms with E-state index in [1.54, 1.807) is 11.8 Å². The Bertz CT molecular complexity index is 532. The van der Waals surface area contributed by atoms with Gasteiger partial charge in [0.05, 0.1) is 5.03 Å². The third-order valence-corrected chi connectivity index (χ3v) is 3.80. The normalized spacial score (nSPS) is 10.5. The summed E-state index contributed by atoms with van der Waals surface area (Å²) < 4.78 is 0. The molecule has 2 aromatic rings. The summed E-state index contributed by atoms with van der Waals surface area (Å²) in [6.07, 6.45) is 0. The van der Waals surface area contributed by atoms with Crippen LogP contribution in [0.1, 0.15) is 16.8 Å². The summed E-state index contributed by atoms with van der Waals surface area (Å²) in [7, 11) is 0. The Morgan fingerprint density at radius 3 is 2.63 bits per heavy atom. The van der Waals surface area contributed by atoms with Gasteiger partial charge in [-0.1, -0.05) is 18.2 Å². The first kappa shape index (κ1) is 13.9. The van der Waals surface area contributed by atoms with Gasteiger partial charge in [-0.3, -0.25) is 0 Å². The van der Waals surface area contributed by atoms with Crippen molar-refractivity contribution >= 4 is 17.4 Å². The summed E-state index contributed by atoms with van der Waals surface area (Å²) in [4.78, 5) is 4.53. The molecule has 0 saturated carbocycles. The van der Waals surface area contributed by atoms with Gasteiger partial charge in [0.15, 0.2) is 0 Å². The maximum Gasteiger partial charge on any atom is 0.0966 e. The number of anilines is 1. The Balaban J connectivity index is 1.82. The first-order chi connectivity index (χ1) is 9.15. The fourth-order valence-electron chi connectivity index (χ4n) is 1.99. The molecule has 0 saturated heterocycles. The number of thioether (sulfide) groups is 1. The summed E-state index contributed by atoms with van der Waals surface area (Å²) >= 11 is 1.80. The van der Waals surface area contributed by atoms with E-state index < -0.39 is 0 Å². The minimum absolute atomic E-state index is 0.949. The molecule has 0 fully saturated rings. The van der Waals surface area contributed by atoms with E-state index in [1.807, 2.05) is 6.92 Å². The molecule has 19 heavy (non-hydrogen) atoms. The van der Waals surface area contributed by atoms with Crippen LogP contribution in [0.2, 0.25) is 0 Å². The second kappa shape index (κ2) is 6.62. The van der Waals surface area contributed by atoms with E-state index >= 15 is 0 Å². The molecule has 0 aliphatic heterocycles. The van der Waals surface area contributed by atoms with E-state index in [2.05, 4.69) is 60.5 Å². The van der Waals surface area contributed by atoms with Crippen molar-refractivity contribution in [3.05, 3.63) is 53.2 Å². The van der Waals surface area contributed by atoms with Crippen molar-refractivity contribution in [1.82, 2.24) is 4.98 Å². The largest absolute Gasteiger partial charge is 0.384 e. The minimum Gasteiger partial charge on any atom is -0.384 e. The summed E-state index contributed by atoms with van der Waals surface area (Å²) in [5.74, 6) is 1.02. The van der Waals surface area contributed by atoms with Crippen molar-refractivity contribution in [3.8, 4) is 0 Å². The lowest BCUT2D eigenvalue weighted by molar-refractivity contribution is 1.04. The third kappa shape index (κ3) is 4.28. The highest BCUT2D eigenvalue weighted by Gasteiger charge is 1.99. The molecule has 2 rings (SSSR count). The molecular weight excluding hydrogens is 252 g/mol. The van der Waals surface area contributed by atoms with Crippen LogP contribution in [0.4, 0.5) is 5.69 Å². The van der Waals surface area contributed by atoms with Gasteiger partial charge in [-0.2, -0.15) is 0 Å². The average molecular weight is 272 g/mol. The van der Waals surface area contributed by atoms with Gasteiger partial charge in [0, 0.05) is 23.7 Å². The van der Waals surface area contributed by atoms with Crippen molar-refractivity contribution in [2.45, 2.75) is 25.8 Å². The number of nitrogens with zero attached hydrogens (tertiary/aromatic N) is 1. The second-order valence-corrected chi connectivity index (χ2v) is 5.83. The highest BCUT2D eigenvalue weighted by atomic mass is 32.2. The number of rotatable bonds is 5. The number of benzene rings is 1. The number of para-hydroxylation sites is 1. The Morgan fingerprint density at radius 1 is 1.11 bits per heavy atom. The van der Waals surface area contributed by atoms with Crippen LogP contribution in [0.25, 0.3) is 0 Å². The molecule has 1 aromatic heterocycles. The Kier molecular flexibility index (Phi) is 4.86. The van der Waals surface area contributed by atoms with Crippen LogP contribution >= 0.6 is 11.8 Å². The standard InChI is InChI=1S/C16H20N2S/c1-12-10-14(3)18-16(11-12)19-9-8-17-15-7-5-4-6-13(15)2/h4-7,10-11,17H,8-9H2,1-3H3. The van der Waals surface area contributed by atoms with Gasteiger partial charge in [0.1, 0.15) is 0 Å². The van der Waals surface area contributed by atoms with Crippen LogP contribution in [0, 0.1) is 20.8 Å². The first-order valence-corrected chi connectivity index (χ1v) is 7.51. The Hall–Kier alpha value is -1.48. The summed E-state index contributed by atoms with van der Waals surface area (Å²) in [6.45, 7) is 7.23. The van der Waals surface area contributed by atoms with Gasteiger partial charge in [-0.25, -0.2) is 4.98 Å². The zero-order chi connectivity index (χ0) is 13.7. The van der Waals surface area contributed by atoms with E-state index in [9.17, 15) is 0 Å². The Labute approximate surface area is 119 Å². The highest BCUT2D eigenvalue weighted by molar-refractivity contribution is 7.99. The van der Waals surface area contributed by atoms with Crippen molar-refractivity contribution < 1.29 is 0 Å². The lowest BCUT2D eigenvalue weighted by Crippen LogP contribution is -2.05. The first-order valence-electron chi connectivity index (χ1n) is 6.53. The van der Waals surface area contributed by atoms with Crippen LogP contribution in [-0.4, -0.2) is 17.3 Å². The van der Waals surface area contributed by atoms with Crippen molar-refractivity contribution in [3.63, 3.8) is 0 Å². The molecule has 0 radical (unpaired) electrons. The molecule has 1 aromatic carbocycles. The van der Waals surface area contributed by atoms with E-state index in [0.717, 1.165) is 23.0 Å². The van der Waals surface area contributed by atoms with Crippen molar-refractivity contribution in [1.29, 1.82) is 0 Å². The molecule has 1 heterocycles. The van der Waals surface area contributed by atoms with Gasteiger partial charge in [-0.05, 0) is 50.1 Å². The summed E-state index contributed by atoms with van der Waals surface area (Å²) in [5, 5.41) is 4.58. The van der Waals surface area contributed by atoms with Crippen LogP contribution in [0.3, 0.4) is 0 Å². The third-order valence-electron chi connectivity index (χ3n) is 2.89. The van der Waals surface area contributed by atoms with Crippen LogP contribution in [-0.2, 0) is 0 Å². The number of aryl methyl sites for hydroxylation is 3. The topological polar surface area (TPSA) is 24.9 Å². The zero-order valence-corrected chi connectivity index (χ0v) is 12.6. The van der Waals surface area contributed by atoms with Gasteiger partial charge in [0.2, 0.25) is 0 Å². The number of hydrogen-bond donors (Lipinski definition) is 1. The number of nitrogens with one attached hydrogen (secondary N) is 1. The van der Waals surface area contributed by atoms with Gasteiger partial charge in [0.25, 0.3) is 0 Å². The zero-order valence-electron chi connectivity index (χ0n) is 11.7. The smallest absolute Gasteiger partial charge is 0.0966 e. The average Bonchev–Trinajstić information content (AvgIpc) is 2.35. The SMILES string of the molecule is Cc1cc(C)nc(SCCNc2ccccc2C)c1. The van der Waals surface area contributed by atoms with Crippen molar-refractivity contribution in [2.24, 2.45) is 0 Å². The minimum atomic E-state index is 0.949. The van der Waals surface area contributed by atoms with E-state index in [0.29, 0.717) is 0 Å². The molecule has 0 unspecified atom stereocenters. The van der Waals surface area contributed by atoms with Crippen molar-refractivity contribution in [2.75, 3.05) is 17.6 Å². The molecular formula is C16H20N2S.